The SMILES string of the molecule is CC(=O)Nc1nnn([C@@H]2C[C@@]34COC[C@@](C)([C@@H]3CC[C@H]3C4=CC[C@@]4(C)C(C(=O)O)[C@@](C)([C@H](C)C(C)C)CC[C@]34C)[C@H]2OC[C@](C)(N)C(C)C)n1. The van der Waals surface area contributed by atoms with Crippen LogP contribution in [0.3, 0.4) is 0 Å². The maximum atomic E-state index is 13.5. The van der Waals surface area contributed by atoms with Crippen LogP contribution >= 0.6 is 0 Å². The van der Waals surface area contributed by atoms with E-state index >= 15 is 0 Å². The number of ether oxygens (including phenoxy) is 2. The van der Waals surface area contributed by atoms with Gasteiger partial charge in [-0.1, -0.05) is 79.1 Å². The number of hydrogen-bond acceptors (Lipinski definition) is 8. The van der Waals surface area contributed by atoms with Gasteiger partial charge in [-0.2, -0.15) is 4.80 Å². The van der Waals surface area contributed by atoms with Gasteiger partial charge >= 0.3 is 5.97 Å². The van der Waals surface area contributed by atoms with Gasteiger partial charge in [-0.25, -0.2) is 0 Å². The van der Waals surface area contributed by atoms with E-state index in [1.54, 1.807) is 4.80 Å². The van der Waals surface area contributed by atoms with Crippen LogP contribution < -0.4 is 11.1 Å². The highest BCUT2D eigenvalue weighted by atomic mass is 16.5. The van der Waals surface area contributed by atoms with Crippen LogP contribution in [0, 0.1) is 62.6 Å². The number of anilines is 1. The quantitative estimate of drug-likeness (QED) is 0.245. The minimum atomic E-state index is -0.649. The Balaban J connectivity index is 1.45. The van der Waals surface area contributed by atoms with Crippen molar-refractivity contribution < 1.29 is 24.2 Å². The molecule has 4 aliphatic carbocycles. The first-order valence-electron chi connectivity index (χ1n) is 19.2. The summed E-state index contributed by atoms with van der Waals surface area (Å²) in [6, 6.07) is -0.271. The number of nitrogens with two attached hydrogens (primary N) is 1. The first-order chi connectivity index (χ1) is 23.2. The zero-order valence-electron chi connectivity index (χ0n) is 32.5. The van der Waals surface area contributed by atoms with Crippen molar-refractivity contribution in [2.24, 2.45) is 68.3 Å². The third-order valence-electron chi connectivity index (χ3n) is 16.0. The van der Waals surface area contributed by atoms with Crippen molar-refractivity contribution in [1.29, 1.82) is 0 Å². The number of carboxylic acids is 1. The standard InChI is InChI=1S/C39H64N6O5/c1-22(2)24(5)34(7)16-17-36(9)26-12-13-29-35(8)19-49-21-39(29,27(26)14-15-37(36,10)30(34)32(47)48)18-28(31(35)50-20-38(11,40)23(3)4)45-43-33(42-44-45)41-25(6)46/h14,22-24,26,28-31H,12-13,15-21,40H2,1-11H3,(H,47,48)(H,41,43,46)/t24-,26+,28-,29+,30?,31+,34-,35+,36-,37+,38+,39+/m1/s1. The molecule has 1 aromatic heterocycles. The molecular weight excluding hydrogens is 632 g/mol. The molecule has 1 saturated heterocycles. The number of carbonyl (C=O) groups is 2. The molecule has 50 heavy (non-hydrogen) atoms. The highest BCUT2D eigenvalue weighted by Crippen LogP contribution is 2.75. The van der Waals surface area contributed by atoms with Gasteiger partial charge < -0.3 is 20.3 Å². The van der Waals surface area contributed by atoms with Crippen molar-refractivity contribution in [1.82, 2.24) is 20.2 Å². The number of aliphatic carboxylic acids is 1. The van der Waals surface area contributed by atoms with Crippen molar-refractivity contribution in [3.63, 3.8) is 0 Å². The van der Waals surface area contributed by atoms with E-state index in [-0.39, 0.29) is 63.4 Å². The fourth-order valence-electron chi connectivity index (χ4n) is 12.1. The second-order valence-electron chi connectivity index (χ2n) is 19.1. The van der Waals surface area contributed by atoms with Gasteiger partial charge in [-0.15, -0.1) is 5.10 Å². The molecule has 0 aromatic carbocycles. The number of aromatic nitrogens is 4. The van der Waals surface area contributed by atoms with Crippen LogP contribution in [-0.2, 0) is 19.1 Å². The van der Waals surface area contributed by atoms with Crippen LogP contribution in [0.5, 0.6) is 0 Å². The topological polar surface area (TPSA) is 154 Å². The number of hydrogen-bond donors (Lipinski definition) is 3. The molecule has 4 N–H and O–H groups in total. The van der Waals surface area contributed by atoms with Crippen molar-refractivity contribution >= 4 is 17.8 Å². The number of allylic oxidation sites excluding steroid dienone is 1. The number of nitrogens with one attached hydrogen (secondary N) is 1. The molecular formula is C39H64N6O5. The molecule has 4 fully saturated rings. The number of tetrazole rings is 1. The molecule has 11 heteroatoms. The summed E-state index contributed by atoms with van der Waals surface area (Å²) in [4.78, 5) is 27.0. The summed E-state index contributed by atoms with van der Waals surface area (Å²) in [5.74, 6) is 0.278. The Kier molecular flexibility index (Phi) is 9.24. The summed E-state index contributed by atoms with van der Waals surface area (Å²) < 4.78 is 13.6. The summed E-state index contributed by atoms with van der Waals surface area (Å²) >= 11 is 0. The second-order valence-corrected chi connectivity index (χ2v) is 19.1. The lowest BCUT2D eigenvalue weighted by molar-refractivity contribution is -0.253. The van der Waals surface area contributed by atoms with E-state index in [2.05, 4.69) is 84.0 Å². The number of rotatable bonds is 9. The summed E-state index contributed by atoms with van der Waals surface area (Å²) in [6.07, 6.45) is 7.55. The predicted molar refractivity (Wildman–Crippen MR) is 192 cm³/mol. The zero-order chi connectivity index (χ0) is 36.8. The fourth-order valence-corrected chi connectivity index (χ4v) is 12.1. The molecule has 1 aromatic rings. The van der Waals surface area contributed by atoms with E-state index in [1.807, 2.05) is 6.92 Å². The minimum Gasteiger partial charge on any atom is -0.481 e. The molecule has 0 spiro atoms. The van der Waals surface area contributed by atoms with Gasteiger partial charge in [0.15, 0.2) is 0 Å². The van der Waals surface area contributed by atoms with E-state index in [0.29, 0.717) is 38.1 Å². The molecule has 11 nitrogen and oxygen atoms in total. The Hall–Kier alpha value is -2.37. The lowest BCUT2D eigenvalue weighted by Gasteiger charge is -2.71. The maximum Gasteiger partial charge on any atom is 0.307 e. The number of amides is 1. The lowest BCUT2D eigenvalue weighted by atomic mass is 9.34. The van der Waals surface area contributed by atoms with Crippen LogP contribution in [0.1, 0.15) is 121 Å². The smallest absolute Gasteiger partial charge is 0.307 e. The predicted octanol–water partition coefficient (Wildman–Crippen LogP) is 6.52. The van der Waals surface area contributed by atoms with E-state index in [4.69, 9.17) is 20.3 Å². The van der Waals surface area contributed by atoms with E-state index in [0.717, 1.165) is 32.1 Å². The van der Waals surface area contributed by atoms with Crippen LogP contribution in [0.25, 0.3) is 0 Å². The molecule has 1 amide bonds. The molecule has 1 aliphatic heterocycles. The third-order valence-corrected chi connectivity index (χ3v) is 16.0. The molecule has 12 atom stereocenters. The third kappa shape index (κ3) is 5.33. The summed E-state index contributed by atoms with van der Waals surface area (Å²) in [6.45, 7) is 25.3. The number of nitrogens with zero attached hydrogens (tertiary/aromatic N) is 4. The Morgan fingerprint density at radius 1 is 1.12 bits per heavy atom. The van der Waals surface area contributed by atoms with E-state index in [1.165, 1.54) is 12.5 Å². The largest absolute Gasteiger partial charge is 0.481 e. The minimum absolute atomic E-state index is 0.176. The molecule has 5 aliphatic rings. The summed E-state index contributed by atoms with van der Waals surface area (Å²) in [5.41, 5.74) is 6.16. The molecule has 280 valence electrons. The highest BCUT2D eigenvalue weighted by molar-refractivity contribution is 5.86. The summed E-state index contributed by atoms with van der Waals surface area (Å²) in [7, 11) is 0. The van der Waals surface area contributed by atoms with Crippen LogP contribution in [0.4, 0.5) is 5.95 Å². The van der Waals surface area contributed by atoms with E-state index in [9.17, 15) is 14.7 Å². The van der Waals surface area contributed by atoms with Gasteiger partial charge in [0.25, 0.3) is 5.95 Å². The van der Waals surface area contributed by atoms with Crippen molar-refractivity contribution in [2.75, 3.05) is 25.1 Å². The van der Waals surface area contributed by atoms with Gasteiger partial charge in [-0.05, 0) is 96.5 Å². The first-order valence-corrected chi connectivity index (χ1v) is 19.2. The summed E-state index contributed by atoms with van der Waals surface area (Å²) in [5, 5.41) is 27.2. The maximum absolute atomic E-state index is 13.5. The zero-order valence-corrected chi connectivity index (χ0v) is 32.5. The van der Waals surface area contributed by atoms with Gasteiger partial charge in [0.05, 0.1) is 31.8 Å². The van der Waals surface area contributed by atoms with Crippen molar-refractivity contribution in [2.45, 2.75) is 132 Å². The Labute approximate surface area is 299 Å². The second kappa shape index (κ2) is 12.4. The average molecular weight is 697 g/mol. The highest BCUT2D eigenvalue weighted by Gasteiger charge is 2.72. The molecule has 0 radical (unpaired) electrons. The van der Waals surface area contributed by atoms with Gasteiger partial charge in [0, 0.05) is 23.3 Å². The number of fused-ring (bicyclic) bond motifs is 3. The van der Waals surface area contributed by atoms with Gasteiger partial charge in [-0.3, -0.25) is 14.9 Å². The Morgan fingerprint density at radius 3 is 2.44 bits per heavy atom. The normalized spacial score (nSPS) is 42.8. The fraction of sp³-hybridized carbons (Fsp3) is 0.872. The first kappa shape index (κ1) is 37.4. The average Bonchev–Trinajstić information content (AvgIpc) is 3.47. The van der Waals surface area contributed by atoms with Crippen LogP contribution in [0.2, 0.25) is 0 Å². The molecule has 1 unspecified atom stereocenters. The Bertz CT molecular complexity index is 1520. The number of carbonyl (C=O) groups excluding carboxylic acids is 1. The molecule has 3 saturated carbocycles. The monoisotopic (exact) mass is 696 g/mol. The molecule has 2 bridgehead atoms. The lowest BCUT2D eigenvalue weighted by Crippen LogP contribution is -2.69. The molecule has 6 rings (SSSR count). The number of carboxylic acid groups (broad SMARTS) is 1. The van der Waals surface area contributed by atoms with Gasteiger partial charge in [0.1, 0.15) is 6.04 Å². The van der Waals surface area contributed by atoms with Crippen molar-refractivity contribution in [3.8, 4) is 0 Å². The van der Waals surface area contributed by atoms with Gasteiger partial charge in [0.2, 0.25) is 5.91 Å². The van der Waals surface area contributed by atoms with Crippen LogP contribution in [-0.4, -0.2) is 68.7 Å². The van der Waals surface area contributed by atoms with E-state index < -0.39 is 22.8 Å². The Morgan fingerprint density at radius 2 is 1.82 bits per heavy atom. The van der Waals surface area contributed by atoms with Crippen molar-refractivity contribution in [3.05, 3.63) is 11.6 Å². The van der Waals surface area contributed by atoms with Crippen LogP contribution in [0.15, 0.2) is 11.6 Å². The molecule has 2 heterocycles.